The number of nitrogens with one attached hydrogen (secondary N) is 2. The van der Waals surface area contributed by atoms with Crippen LogP contribution in [-0.4, -0.2) is 29.3 Å². The van der Waals surface area contributed by atoms with Crippen molar-refractivity contribution in [3.63, 3.8) is 0 Å². The Morgan fingerprint density at radius 3 is 2.18 bits per heavy atom. The van der Waals surface area contributed by atoms with Gasteiger partial charge in [-0.2, -0.15) is 0 Å². The molecule has 1 aliphatic rings. The van der Waals surface area contributed by atoms with Crippen molar-refractivity contribution in [1.82, 2.24) is 15.5 Å². The van der Waals surface area contributed by atoms with Gasteiger partial charge in [0.25, 0.3) is 5.91 Å². The number of carbonyl (C=O) groups is 3. The van der Waals surface area contributed by atoms with Crippen molar-refractivity contribution in [2.24, 2.45) is 0 Å². The molecule has 1 aliphatic heterocycles. The summed E-state index contributed by atoms with van der Waals surface area (Å²) in [5.74, 6) is -1.93. The summed E-state index contributed by atoms with van der Waals surface area (Å²) in [7, 11) is 0. The molecule has 1 atom stereocenters. The summed E-state index contributed by atoms with van der Waals surface area (Å²) in [6, 6.07) is 10.2. The third kappa shape index (κ3) is 3.71. The van der Waals surface area contributed by atoms with Gasteiger partial charge in [0.05, 0.1) is 0 Å². The first-order valence-corrected chi connectivity index (χ1v) is 8.77. The second-order valence-electron chi connectivity index (χ2n) is 6.49. The van der Waals surface area contributed by atoms with Gasteiger partial charge >= 0.3 is 6.03 Å². The summed E-state index contributed by atoms with van der Waals surface area (Å²) in [4.78, 5) is 38.3. The van der Waals surface area contributed by atoms with Gasteiger partial charge in [-0.25, -0.2) is 13.6 Å². The van der Waals surface area contributed by atoms with E-state index in [1.54, 1.807) is 6.92 Å². The van der Waals surface area contributed by atoms with Crippen LogP contribution in [0.3, 0.4) is 0 Å². The van der Waals surface area contributed by atoms with Gasteiger partial charge in [0.15, 0.2) is 0 Å². The lowest BCUT2D eigenvalue weighted by molar-refractivity contribution is -0.135. The standard InChI is InChI=1S/C20H19F2N3O3/c1-2-20(14-5-9-16(22)10-6-14)18(27)25(19(28)24-20)12-17(26)23-11-13-3-7-15(21)8-4-13/h3-10H,2,11-12H2,1H3,(H,23,26)(H,24,28)/t20-/m1/s1. The Morgan fingerprint density at radius 2 is 1.61 bits per heavy atom. The summed E-state index contributed by atoms with van der Waals surface area (Å²) < 4.78 is 26.1. The largest absolute Gasteiger partial charge is 0.350 e. The summed E-state index contributed by atoms with van der Waals surface area (Å²) in [5.41, 5.74) is -0.202. The van der Waals surface area contributed by atoms with E-state index in [0.29, 0.717) is 11.1 Å². The highest BCUT2D eigenvalue weighted by Crippen LogP contribution is 2.32. The van der Waals surface area contributed by atoms with Crippen LogP contribution in [0.2, 0.25) is 0 Å². The molecule has 0 aromatic heterocycles. The van der Waals surface area contributed by atoms with Gasteiger partial charge in [0.2, 0.25) is 5.91 Å². The van der Waals surface area contributed by atoms with Crippen molar-refractivity contribution < 1.29 is 23.2 Å². The minimum atomic E-state index is -1.33. The number of urea groups is 1. The van der Waals surface area contributed by atoms with E-state index in [4.69, 9.17) is 0 Å². The molecule has 1 saturated heterocycles. The minimum absolute atomic E-state index is 0.139. The van der Waals surface area contributed by atoms with Crippen LogP contribution in [0.4, 0.5) is 13.6 Å². The summed E-state index contributed by atoms with van der Waals surface area (Å²) in [5, 5.41) is 5.23. The summed E-state index contributed by atoms with van der Waals surface area (Å²) >= 11 is 0. The molecule has 1 heterocycles. The maximum Gasteiger partial charge on any atom is 0.325 e. The molecular formula is C20H19F2N3O3. The van der Waals surface area contributed by atoms with Gasteiger partial charge in [-0.1, -0.05) is 31.2 Å². The van der Waals surface area contributed by atoms with Crippen molar-refractivity contribution >= 4 is 17.8 Å². The molecular weight excluding hydrogens is 368 g/mol. The molecule has 0 unspecified atom stereocenters. The Morgan fingerprint density at radius 1 is 1.04 bits per heavy atom. The van der Waals surface area contributed by atoms with Gasteiger partial charge in [-0.15, -0.1) is 0 Å². The highest BCUT2D eigenvalue weighted by molar-refractivity contribution is 6.09. The number of imide groups is 1. The number of halogens is 2. The zero-order valence-electron chi connectivity index (χ0n) is 15.2. The molecule has 0 spiro atoms. The number of carbonyl (C=O) groups excluding carboxylic acids is 3. The molecule has 0 saturated carbocycles. The highest BCUT2D eigenvalue weighted by atomic mass is 19.1. The van der Waals surface area contributed by atoms with Gasteiger partial charge in [0, 0.05) is 6.54 Å². The molecule has 2 aromatic rings. The Kier molecular flexibility index (Phi) is 5.39. The second kappa shape index (κ2) is 7.75. The van der Waals surface area contributed by atoms with Crippen molar-refractivity contribution in [2.75, 3.05) is 6.54 Å². The smallest absolute Gasteiger partial charge is 0.325 e. The van der Waals surface area contributed by atoms with Crippen molar-refractivity contribution in [1.29, 1.82) is 0 Å². The lowest BCUT2D eigenvalue weighted by Crippen LogP contribution is -2.44. The van der Waals surface area contributed by atoms with E-state index in [0.717, 1.165) is 4.90 Å². The van der Waals surface area contributed by atoms with Crippen molar-refractivity contribution in [3.05, 3.63) is 71.3 Å². The van der Waals surface area contributed by atoms with E-state index in [1.807, 2.05) is 0 Å². The fourth-order valence-corrected chi connectivity index (χ4v) is 3.15. The zero-order chi connectivity index (χ0) is 20.3. The topological polar surface area (TPSA) is 78.5 Å². The third-order valence-corrected chi connectivity index (χ3v) is 4.75. The third-order valence-electron chi connectivity index (χ3n) is 4.75. The number of hydrogen-bond donors (Lipinski definition) is 2. The van der Waals surface area contributed by atoms with Gasteiger partial charge in [-0.05, 0) is 41.8 Å². The molecule has 2 aromatic carbocycles. The fourth-order valence-electron chi connectivity index (χ4n) is 3.15. The normalized spacial score (nSPS) is 18.9. The minimum Gasteiger partial charge on any atom is -0.350 e. The molecule has 8 heteroatoms. The first-order chi connectivity index (χ1) is 13.4. The predicted octanol–water partition coefficient (Wildman–Crippen LogP) is 2.44. The monoisotopic (exact) mass is 387 g/mol. The fraction of sp³-hybridized carbons (Fsp3) is 0.250. The molecule has 0 radical (unpaired) electrons. The van der Waals surface area contributed by atoms with Crippen LogP contribution in [0.15, 0.2) is 48.5 Å². The van der Waals surface area contributed by atoms with E-state index in [2.05, 4.69) is 10.6 Å². The van der Waals surface area contributed by atoms with E-state index < -0.39 is 35.7 Å². The van der Waals surface area contributed by atoms with E-state index in [9.17, 15) is 23.2 Å². The first-order valence-electron chi connectivity index (χ1n) is 8.77. The van der Waals surface area contributed by atoms with Gasteiger partial charge in [-0.3, -0.25) is 14.5 Å². The van der Waals surface area contributed by atoms with E-state index in [1.165, 1.54) is 48.5 Å². The highest BCUT2D eigenvalue weighted by Gasteiger charge is 2.51. The first kappa shape index (κ1) is 19.5. The molecule has 0 bridgehead atoms. The van der Waals surface area contributed by atoms with Gasteiger partial charge in [0.1, 0.15) is 23.7 Å². The Labute approximate surface area is 160 Å². The van der Waals surface area contributed by atoms with Crippen LogP contribution in [-0.2, 0) is 21.7 Å². The number of amides is 4. The Balaban J connectivity index is 1.69. The van der Waals surface area contributed by atoms with Crippen LogP contribution in [0, 0.1) is 11.6 Å². The maximum atomic E-state index is 13.2. The summed E-state index contributed by atoms with van der Waals surface area (Å²) in [6.07, 6.45) is 0.247. The number of rotatable bonds is 6. The molecule has 4 amide bonds. The molecule has 0 aliphatic carbocycles. The number of nitrogens with zero attached hydrogens (tertiary/aromatic N) is 1. The number of benzene rings is 2. The van der Waals surface area contributed by atoms with Crippen molar-refractivity contribution in [3.8, 4) is 0 Å². The van der Waals surface area contributed by atoms with E-state index >= 15 is 0 Å². The molecule has 146 valence electrons. The molecule has 3 rings (SSSR count). The van der Waals surface area contributed by atoms with Crippen LogP contribution < -0.4 is 10.6 Å². The molecule has 1 fully saturated rings. The maximum absolute atomic E-state index is 13.2. The molecule has 28 heavy (non-hydrogen) atoms. The van der Waals surface area contributed by atoms with Crippen LogP contribution in [0.25, 0.3) is 0 Å². The lowest BCUT2D eigenvalue weighted by atomic mass is 9.87. The molecule has 2 N–H and O–H groups in total. The van der Waals surface area contributed by atoms with E-state index in [-0.39, 0.29) is 18.8 Å². The molecule has 6 nitrogen and oxygen atoms in total. The predicted molar refractivity (Wildman–Crippen MR) is 96.9 cm³/mol. The van der Waals surface area contributed by atoms with Crippen LogP contribution in [0.1, 0.15) is 24.5 Å². The average Bonchev–Trinajstić information content (AvgIpc) is 2.93. The summed E-state index contributed by atoms with van der Waals surface area (Å²) in [6.45, 7) is 1.41. The van der Waals surface area contributed by atoms with Crippen LogP contribution in [0.5, 0.6) is 0 Å². The quantitative estimate of drug-likeness (QED) is 0.748. The van der Waals surface area contributed by atoms with Crippen LogP contribution >= 0.6 is 0 Å². The van der Waals surface area contributed by atoms with Crippen molar-refractivity contribution in [2.45, 2.75) is 25.4 Å². The lowest BCUT2D eigenvalue weighted by Gasteiger charge is -2.25. The number of hydrogen-bond acceptors (Lipinski definition) is 3. The SMILES string of the molecule is CC[C@]1(c2ccc(F)cc2)NC(=O)N(CC(=O)NCc2ccc(F)cc2)C1=O. The Hall–Kier alpha value is -3.29. The second-order valence-corrected chi connectivity index (χ2v) is 6.49. The average molecular weight is 387 g/mol. The zero-order valence-corrected chi connectivity index (χ0v) is 15.2. The Bertz CT molecular complexity index is 900. The van der Waals surface area contributed by atoms with Gasteiger partial charge < -0.3 is 10.6 Å².